The van der Waals surface area contributed by atoms with Gasteiger partial charge in [0.1, 0.15) is 5.69 Å². The molecule has 0 fully saturated rings. The summed E-state index contributed by atoms with van der Waals surface area (Å²) in [5, 5.41) is 1.04. The fraction of sp³-hybridized carbons (Fsp3) is 0.200. The van der Waals surface area contributed by atoms with Gasteiger partial charge in [0.25, 0.3) is 5.91 Å². The lowest BCUT2D eigenvalue weighted by molar-refractivity contribution is 0.0983. The molecule has 0 bridgehead atoms. The van der Waals surface area contributed by atoms with Crippen molar-refractivity contribution in [2.45, 2.75) is 20.8 Å². The first-order valence-electron chi connectivity index (χ1n) is 7.85. The molecule has 3 nitrogen and oxygen atoms in total. The van der Waals surface area contributed by atoms with Crippen LogP contribution in [0.4, 0.5) is 5.69 Å². The molecular formula is C20H20N2O. The monoisotopic (exact) mass is 304 g/mol. The molecular weight excluding hydrogens is 284 g/mol. The van der Waals surface area contributed by atoms with Crippen LogP contribution < -0.4 is 4.90 Å². The Balaban J connectivity index is 2.03. The number of hydrogen-bond donors (Lipinski definition) is 0. The van der Waals surface area contributed by atoms with Gasteiger partial charge in [-0.05, 0) is 50.1 Å². The van der Waals surface area contributed by atoms with E-state index in [0.717, 1.165) is 27.7 Å². The zero-order valence-corrected chi connectivity index (χ0v) is 13.7. The molecule has 1 heterocycles. The molecule has 1 amide bonds. The van der Waals surface area contributed by atoms with Crippen LogP contribution in [0.25, 0.3) is 10.9 Å². The van der Waals surface area contributed by atoms with Gasteiger partial charge in [-0.1, -0.05) is 36.4 Å². The number of para-hydroxylation sites is 1. The Morgan fingerprint density at radius 1 is 1.04 bits per heavy atom. The highest BCUT2D eigenvalue weighted by Crippen LogP contribution is 2.23. The summed E-state index contributed by atoms with van der Waals surface area (Å²) in [6, 6.07) is 17.8. The Morgan fingerprint density at radius 3 is 2.61 bits per heavy atom. The fourth-order valence-electron chi connectivity index (χ4n) is 2.76. The smallest absolute Gasteiger partial charge is 0.276 e. The molecule has 2 aromatic carbocycles. The maximum Gasteiger partial charge on any atom is 0.276 e. The standard InChI is InChI=1S/C20H20N2O/c1-4-22(19-13-14(2)9-10-15(19)3)20(23)18-12-11-16-7-5-6-8-17(16)21-18/h5-13H,4H2,1-3H3. The molecule has 0 aliphatic carbocycles. The Kier molecular flexibility index (Phi) is 4.11. The second-order valence-electron chi connectivity index (χ2n) is 5.73. The minimum atomic E-state index is -0.0630. The van der Waals surface area contributed by atoms with Crippen LogP contribution in [0.1, 0.15) is 28.5 Å². The van der Waals surface area contributed by atoms with Gasteiger partial charge in [0, 0.05) is 17.6 Å². The van der Waals surface area contributed by atoms with Gasteiger partial charge >= 0.3 is 0 Å². The molecule has 23 heavy (non-hydrogen) atoms. The summed E-state index contributed by atoms with van der Waals surface area (Å²) in [4.78, 5) is 19.3. The molecule has 0 spiro atoms. The van der Waals surface area contributed by atoms with E-state index in [0.29, 0.717) is 12.2 Å². The summed E-state index contributed by atoms with van der Waals surface area (Å²) in [7, 11) is 0. The third-order valence-corrected chi connectivity index (χ3v) is 4.03. The summed E-state index contributed by atoms with van der Waals surface area (Å²) in [6.07, 6.45) is 0. The third kappa shape index (κ3) is 2.95. The molecule has 0 unspecified atom stereocenters. The minimum absolute atomic E-state index is 0.0630. The van der Waals surface area contributed by atoms with E-state index in [9.17, 15) is 4.79 Å². The maximum absolute atomic E-state index is 12.9. The van der Waals surface area contributed by atoms with Crippen molar-refractivity contribution in [2.24, 2.45) is 0 Å². The molecule has 3 rings (SSSR count). The third-order valence-electron chi connectivity index (χ3n) is 4.03. The predicted molar refractivity (Wildman–Crippen MR) is 95.0 cm³/mol. The van der Waals surface area contributed by atoms with Gasteiger partial charge in [0.2, 0.25) is 0 Å². The predicted octanol–water partition coefficient (Wildman–Crippen LogP) is 4.52. The van der Waals surface area contributed by atoms with Crippen LogP contribution in [0.5, 0.6) is 0 Å². The number of aryl methyl sites for hydroxylation is 2. The maximum atomic E-state index is 12.9. The Labute approximate surface area is 136 Å². The lowest BCUT2D eigenvalue weighted by atomic mass is 10.1. The highest BCUT2D eigenvalue weighted by atomic mass is 16.2. The number of fused-ring (bicyclic) bond motifs is 1. The van der Waals surface area contributed by atoms with E-state index < -0.39 is 0 Å². The number of pyridine rings is 1. The normalized spacial score (nSPS) is 10.7. The quantitative estimate of drug-likeness (QED) is 0.713. The minimum Gasteiger partial charge on any atom is -0.307 e. The van der Waals surface area contributed by atoms with Crippen molar-refractivity contribution in [3.63, 3.8) is 0 Å². The Hall–Kier alpha value is -2.68. The molecule has 0 N–H and O–H groups in total. The van der Waals surface area contributed by atoms with Crippen molar-refractivity contribution in [2.75, 3.05) is 11.4 Å². The molecule has 0 saturated heterocycles. The number of anilines is 1. The first-order valence-corrected chi connectivity index (χ1v) is 7.85. The fourth-order valence-corrected chi connectivity index (χ4v) is 2.76. The number of amides is 1. The molecule has 0 aliphatic heterocycles. The highest BCUT2D eigenvalue weighted by molar-refractivity contribution is 6.06. The van der Waals surface area contributed by atoms with Crippen molar-refractivity contribution < 1.29 is 4.79 Å². The van der Waals surface area contributed by atoms with Crippen molar-refractivity contribution in [3.05, 3.63) is 71.4 Å². The summed E-state index contributed by atoms with van der Waals surface area (Å²) >= 11 is 0. The van der Waals surface area contributed by atoms with Gasteiger partial charge in [0.15, 0.2) is 0 Å². The molecule has 116 valence electrons. The van der Waals surface area contributed by atoms with Crippen molar-refractivity contribution in [1.29, 1.82) is 0 Å². The number of hydrogen-bond acceptors (Lipinski definition) is 2. The van der Waals surface area contributed by atoms with E-state index >= 15 is 0 Å². The molecule has 0 radical (unpaired) electrons. The molecule has 0 aliphatic rings. The number of benzene rings is 2. The Morgan fingerprint density at radius 2 is 1.83 bits per heavy atom. The van der Waals surface area contributed by atoms with Crippen LogP contribution in [0, 0.1) is 13.8 Å². The molecule has 1 aromatic heterocycles. The second-order valence-corrected chi connectivity index (χ2v) is 5.73. The van der Waals surface area contributed by atoms with Gasteiger partial charge in [-0.3, -0.25) is 4.79 Å². The largest absolute Gasteiger partial charge is 0.307 e. The van der Waals surface area contributed by atoms with E-state index in [2.05, 4.69) is 23.2 Å². The van der Waals surface area contributed by atoms with Gasteiger partial charge in [0.05, 0.1) is 5.52 Å². The zero-order chi connectivity index (χ0) is 16.4. The van der Waals surface area contributed by atoms with Crippen molar-refractivity contribution in [3.8, 4) is 0 Å². The second kappa shape index (κ2) is 6.21. The van der Waals surface area contributed by atoms with Crippen LogP contribution in [0.2, 0.25) is 0 Å². The Bertz CT molecular complexity index is 870. The van der Waals surface area contributed by atoms with Crippen LogP contribution in [-0.4, -0.2) is 17.4 Å². The average Bonchev–Trinajstić information content (AvgIpc) is 2.58. The van der Waals surface area contributed by atoms with E-state index in [4.69, 9.17) is 0 Å². The summed E-state index contributed by atoms with van der Waals surface area (Å²) in [5.41, 5.74) is 4.50. The van der Waals surface area contributed by atoms with Gasteiger partial charge in [-0.25, -0.2) is 4.98 Å². The molecule has 0 saturated carbocycles. The highest BCUT2D eigenvalue weighted by Gasteiger charge is 2.19. The van der Waals surface area contributed by atoms with Gasteiger partial charge in [-0.2, -0.15) is 0 Å². The number of rotatable bonds is 3. The number of aromatic nitrogens is 1. The molecule has 0 atom stereocenters. The summed E-state index contributed by atoms with van der Waals surface area (Å²) < 4.78 is 0. The first-order chi connectivity index (χ1) is 11.1. The van der Waals surface area contributed by atoms with Crippen molar-refractivity contribution in [1.82, 2.24) is 4.98 Å². The van der Waals surface area contributed by atoms with E-state index in [1.807, 2.05) is 51.1 Å². The molecule has 3 aromatic rings. The van der Waals surface area contributed by atoms with Crippen LogP contribution in [0.15, 0.2) is 54.6 Å². The lowest BCUT2D eigenvalue weighted by Gasteiger charge is -2.23. The summed E-state index contributed by atoms with van der Waals surface area (Å²) in [5.74, 6) is -0.0630. The van der Waals surface area contributed by atoms with Crippen LogP contribution in [0.3, 0.4) is 0 Å². The van der Waals surface area contributed by atoms with Gasteiger partial charge in [-0.15, -0.1) is 0 Å². The number of nitrogens with zero attached hydrogens (tertiary/aromatic N) is 2. The molecule has 3 heteroatoms. The van der Waals surface area contributed by atoms with Crippen LogP contribution >= 0.6 is 0 Å². The number of carbonyl (C=O) groups is 1. The van der Waals surface area contributed by atoms with E-state index in [-0.39, 0.29) is 5.91 Å². The number of carbonyl (C=O) groups excluding carboxylic acids is 1. The first kappa shape index (κ1) is 15.2. The topological polar surface area (TPSA) is 33.2 Å². The lowest BCUT2D eigenvalue weighted by Crippen LogP contribution is -2.32. The summed E-state index contributed by atoms with van der Waals surface area (Å²) in [6.45, 7) is 6.66. The zero-order valence-electron chi connectivity index (χ0n) is 13.7. The van der Waals surface area contributed by atoms with Crippen LogP contribution in [-0.2, 0) is 0 Å². The average molecular weight is 304 g/mol. The van der Waals surface area contributed by atoms with Gasteiger partial charge < -0.3 is 4.90 Å². The SMILES string of the molecule is CCN(C(=O)c1ccc2ccccc2n1)c1cc(C)ccc1C. The van der Waals surface area contributed by atoms with E-state index in [1.165, 1.54) is 0 Å². The van der Waals surface area contributed by atoms with Crippen molar-refractivity contribution >= 4 is 22.5 Å². The van der Waals surface area contributed by atoms with E-state index in [1.54, 1.807) is 11.0 Å².